The summed E-state index contributed by atoms with van der Waals surface area (Å²) in [6.07, 6.45) is 1.32. The number of aliphatic hydroxyl groups excluding tert-OH is 3. The van der Waals surface area contributed by atoms with Crippen LogP contribution in [0.2, 0.25) is 0 Å². The summed E-state index contributed by atoms with van der Waals surface area (Å²) in [5.74, 6) is -8.75. The lowest BCUT2D eigenvalue weighted by molar-refractivity contribution is -0.151. The van der Waals surface area contributed by atoms with Crippen LogP contribution < -0.4 is 38.1 Å². The third kappa shape index (κ3) is 12.9. The van der Waals surface area contributed by atoms with E-state index >= 15 is 0 Å². The zero-order valence-corrected chi connectivity index (χ0v) is 33.1. The molecule has 0 aromatic rings. The summed E-state index contributed by atoms with van der Waals surface area (Å²) in [7, 11) is 0. The molecule has 0 aromatic heterocycles. The van der Waals surface area contributed by atoms with Crippen molar-refractivity contribution in [3.63, 3.8) is 0 Å². The number of aliphatic hydroxyl groups is 3. The topological polar surface area (TPSA) is 374 Å². The normalized spacial score (nSPS) is 21.4. The van der Waals surface area contributed by atoms with Gasteiger partial charge in [-0.2, -0.15) is 12.6 Å². The van der Waals surface area contributed by atoms with E-state index in [2.05, 4.69) is 39.2 Å². The van der Waals surface area contributed by atoms with Crippen molar-refractivity contribution in [2.24, 2.45) is 11.5 Å². The lowest BCUT2D eigenvalue weighted by Gasteiger charge is -2.35. The largest absolute Gasteiger partial charge is 0.480 e. The van der Waals surface area contributed by atoms with Gasteiger partial charge in [0.05, 0.1) is 32.4 Å². The van der Waals surface area contributed by atoms with Crippen molar-refractivity contribution in [2.75, 3.05) is 51.8 Å². The third-order valence-electron chi connectivity index (χ3n) is 10.2. The fraction of sp³-hybridized carbons (Fsp3) is 0.706. The number of carboxylic acids is 1. The molecule has 0 aliphatic carbocycles. The summed E-state index contributed by atoms with van der Waals surface area (Å²) in [4.78, 5) is 132. The van der Waals surface area contributed by atoms with E-state index in [1.165, 1.54) is 14.7 Å². The average Bonchev–Trinajstić information content (AvgIpc) is 4.02. The molecule has 0 saturated carbocycles. The first-order valence-electron chi connectivity index (χ1n) is 19.1. The third-order valence-corrected chi connectivity index (χ3v) is 10.6. The number of aliphatic carboxylic acids is 1. The molecule has 0 spiro atoms. The number of carboxylic acid groups (broad SMARTS) is 1. The Bertz CT molecular complexity index is 1610. The van der Waals surface area contributed by atoms with E-state index in [4.69, 9.17) is 11.5 Å². The van der Waals surface area contributed by atoms with E-state index in [0.29, 0.717) is 19.3 Å². The van der Waals surface area contributed by atoms with Crippen LogP contribution in [0.25, 0.3) is 0 Å². The van der Waals surface area contributed by atoms with Gasteiger partial charge in [0.25, 0.3) is 0 Å². The minimum Gasteiger partial charge on any atom is -0.480 e. The molecule has 13 N–H and O–H groups in total. The standard InChI is InChI=1S/C34H54N10O14S/c35-17(16-59)27(50)39-20(14-46)29(52)40-19(13-45)28(51)37-12-26(49)38-18(7-8-25(36)48)31(54)43-10-2-5-23(43)33(56)44-11-3-6-24(44)32(55)42-9-1-4-22(42)30(53)41-21(15-47)34(57)58/h17-24,45-47,59H,1-16,35H2,(H2,36,48)(H,37,51)(H,38,49)(H,39,50)(H,40,52)(H,41,53)(H,57,58)/t17-,18-,19-,20-,21-,22-,23-,24-/m0/s1. The minimum absolute atomic E-state index is 0.0693. The van der Waals surface area contributed by atoms with Crippen molar-refractivity contribution in [3.05, 3.63) is 0 Å². The maximum absolute atomic E-state index is 14.1. The zero-order valence-electron chi connectivity index (χ0n) is 32.2. The van der Waals surface area contributed by atoms with Crippen molar-refractivity contribution in [1.82, 2.24) is 41.3 Å². The molecule has 0 bridgehead atoms. The highest BCUT2D eigenvalue weighted by Crippen LogP contribution is 2.29. The zero-order chi connectivity index (χ0) is 44.0. The second kappa shape index (κ2) is 22.9. The number of rotatable bonds is 21. The second-order valence-electron chi connectivity index (χ2n) is 14.3. The molecule has 0 unspecified atom stereocenters. The monoisotopic (exact) mass is 858 g/mol. The van der Waals surface area contributed by atoms with Gasteiger partial charge in [0, 0.05) is 31.8 Å². The maximum atomic E-state index is 14.1. The first-order chi connectivity index (χ1) is 28.0. The molecule has 24 nitrogen and oxygen atoms in total. The SMILES string of the molecule is NC(=O)CC[C@H](NC(=O)CNC(=O)[C@H](CO)NC(=O)[C@H](CO)NC(=O)[C@@H](N)CS)C(=O)N1CCC[C@H]1C(=O)N1CCC[C@H]1C(=O)N1CCC[C@H]1C(=O)N[C@@H](CO)C(=O)O. The molecule has 0 radical (unpaired) electrons. The van der Waals surface area contributed by atoms with E-state index in [9.17, 15) is 68.4 Å². The Hall–Kier alpha value is -5.11. The summed E-state index contributed by atoms with van der Waals surface area (Å²) in [6.45, 7) is -3.06. The molecule has 59 heavy (non-hydrogen) atoms. The summed E-state index contributed by atoms with van der Waals surface area (Å²) in [6, 6.07) is -10.3. The Morgan fingerprint density at radius 2 is 1.14 bits per heavy atom. The predicted molar refractivity (Wildman–Crippen MR) is 204 cm³/mol. The van der Waals surface area contributed by atoms with Gasteiger partial charge in [-0.05, 0) is 44.9 Å². The van der Waals surface area contributed by atoms with Crippen LogP contribution in [0, 0.1) is 0 Å². The van der Waals surface area contributed by atoms with E-state index in [0.717, 1.165) is 0 Å². The van der Waals surface area contributed by atoms with Gasteiger partial charge in [0.15, 0.2) is 0 Å². The number of nitrogens with two attached hydrogens (primary N) is 2. The van der Waals surface area contributed by atoms with Crippen LogP contribution in [0.15, 0.2) is 0 Å². The van der Waals surface area contributed by atoms with Crippen LogP contribution in [0.5, 0.6) is 0 Å². The van der Waals surface area contributed by atoms with E-state index in [-0.39, 0.29) is 57.5 Å². The fourth-order valence-electron chi connectivity index (χ4n) is 7.02. The Labute approximate surface area is 343 Å². The van der Waals surface area contributed by atoms with Crippen molar-refractivity contribution >= 4 is 71.8 Å². The number of likely N-dealkylation sites (tertiary alicyclic amines) is 3. The van der Waals surface area contributed by atoms with Gasteiger partial charge in [-0.25, -0.2) is 4.79 Å². The molecule has 3 fully saturated rings. The van der Waals surface area contributed by atoms with Crippen molar-refractivity contribution in [2.45, 2.75) is 99.7 Å². The van der Waals surface area contributed by atoms with Gasteiger partial charge >= 0.3 is 5.97 Å². The van der Waals surface area contributed by atoms with Crippen LogP contribution in [0.3, 0.4) is 0 Å². The quantitative estimate of drug-likeness (QED) is 0.0477. The number of amides is 9. The van der Waals surface area contributed by atoms with Gasteiger partial charge in [-0.15, -0.1) is 0 Å². The molecular weight excluding hydrogens is 804 g/mol. The Balaban J connectivity index is 1.66. The predicted octanol–water partition coefficient (Wildman–Crippen LogP) is -7.40. The van der Waals surface area contributed by atoms with Crippen molar-refractivity contribution < 1.29 is 68.4 Å². The van der Waals surface area contributed by atoms with Crippen LogP contribution in [0.4, 0.5) is 0 Å². The first-order valence-corrected chi connectivity index (χ1v) is 19.7. The van der Waals surface area contributed by atoms with Gasteiger partial charge < -0.3 is 73.2 Å². The van der Waals surface area contributed by atoms with Crippen LogP contribution in [-0.2, 0) is 47.9 Å². The highest BCUT2D eigenvalue weighted by atomic mass is 32.1. The van der Waals surface area contributed by atoms with Gasteiger partial charge in [0.2, 0.25) is 53.2 Å². The number of primary amides is 1. The number of thiol groups is 1. The van der Waals surface area contributed by atoms with E-state index in [1.54, 1.807) is 0 Å². The molecule has 330 valence electrons. The summed E-state index contributed by atoms with van der Waals surface area (Å²) in [5, 5.41) is 49.0. The molecule has 3 aliphatic heterocycles. The Morgan fingerprint density at radius 3 is 1.66 bits per heavy atom. The Morgan fingerprint density at radius 1 is 0.644 bits per heavy atom. The molecule has 3 aliphatic rings. The highest BCUT2D eigenvalue weighted by Gasteiger charge is 2.46. The number of carbonyl (C=O) groups is 10. The Kier molecular flexibility index (Phi) is 18.7. The lowest BCUT2D eigenvalue weighted by atomic mass is 10.1. The fourth-order valence-corrected chi connectivity index (χ4v) is 7.18. The number of nitrogens with zero attached hydrogens (tertiary/aromatic N) is 3. The van der Waals surface area contributed by atoms with Gasteiger partial charge in [-0.1, -0.05) is 0 Å². The van der Waals surface area contributed by atoms with Crippen LogP contribution >= 0.6 is 12.6 Å². The molecule has 3 rings (SSSR count). The van der Waals surface area contributed by atoms with E-state index < -0.39 is 134 Å². The van der Waals surface area contributed by atoms with Crippen molar-refractivity contribution in [1.29, 1.82) is 0 Å². The van der Waals surface area contributed by atoms with Gasteiger partial charge in [-0.3, -0.25) is 43.2 Å². The summed E-state index contributed by atoms with van der Waals surface area (Å²) in [5.41, 5.74) is 10.9. The minimum atomic E-state index is -1.64. The number of carbonyl (C=O) groups excluding carboxylic acids is 9. The molecular formula is C34H54N10O14S. The van der Waals surface area contributed by atoms with E-state index in [1.807, 2.05) is 0 Å². The molecule has 8 atom stereocenters. The number of hydrogen-bond acceptors (Lipinski definition) is 15. The smallest absolute Gasteiger partial charge is 0.328 e. The summed E-state index contributed by atoms with van der Waals surface area (Å²) >= 11 is 3.88. The van der Waals surface area contributed by atoms with Crippen LogP contribution in [-0.4, -0.2) is 194 Å². The molecule has 3 heterocycles. The lowest BCUT2D eigenvalue weighted by Crippen LogP contribution is -2.59. The second-order valence-corrected chi connectivity index (χ2v) is 14.6. The first kappa shape index (κ1) is 48.3. The molecule has 3 saturated heterocycles. The molecule has 9 amide bonds. The molecule has 25 heteroatoms. The highest BCUT2D eigenvalue weighted by molar-refractivity contribution is 7.80. The average molecular weight is 859 g/mol. The molecule has 0 aromatic carbocycles. The maximum Gasteiger partial charge on any atom is 0.328 e. The number of hydrogen-bond donors (Lipinski definition) is 12. The number of nitrogens with one attached hydrogen (secondary N) is 5. The van der Waals surface area contributed by atoms with Gasteiger partial charge in [0.1, 0.15) is 42.3 Å². The van der Waals surface area contributed by atoms with Crippen LogP contribution in [0.1, 0.15) is 51.4 Å². The summed E-state index contributed by atoms with van der Waals surface area (Å²) < 4.78 is 0. The van der Waals surface area contributed by atoms with Crippen molar-refractivity contribution in [3.8, 4) is 0 Å².